The van der Waals surface area contributed by atoms with E-state index in [0.29, 0.717) is 29.3 Å². The third kappa shape index (κ3) is 3.32. The van der Waals surface area contributed by atoms with Crippen molar-refractivity contribution in [2.75, 3.05) is 11.9 Å². The van der Waals surface area contributed by atoms with Gasteiger partial charge in [0.1, 0.15) is 11.3 Å². The number of aryl methyl sites for hydroxylation is 1. The smallest absolute Gasteiger partial charge is 0.262 e. The maximum absolute atomic E-state index is 13.4. The molecule has 34 heavy (non-hydrogen) atoms. The van der Waals surface area contributed by atoms with Gasteiger partial charge in [-0.25, -0.2) is 14.5 Å². The molecule has 0 aromatic carbocycles. The molecule has 1 saturated heterocycles. The molecule has 0 spiro atoms. The van der Waals surface area contributed by atoms with Crippen LogP contribution in [0.1, 0.15) is 61.6 Å². The van der Waals surface area contributed by atoms with E-state index in [9.17, 15) is 4.79 Å². The fraction of sp³-hybridized carbons (Fsp3) is 0.458. The highest BCUT2D eigenvalue weighted by molar-refractivity contribution is 6.07. The number of anilines is 1. The number of rotatable bonds is 5. The molecule has 2 aliphatic rings. The first-order valence-electron chi connectivity index (χ1n) is 11.6. The van der Waals surface area contributed by atoms with E-state index >= 15 is 0 Å². The molecule has 10 heteroatoms. The number of fused-ring (bicyclic) bond motifs is 4. The number of aromatic nitrogens is 6. The zero-order chi connectivity index (χ0) is 23.7. The zero-order valence-electron chi connectivity index (χ0n) is 19.7. The average Bonchev–Trinajstić information content (AvgIpc) is 3.53. The van der Waals surface area contributed by atoms with E-state index in [1.165, 1.54) is 0 Å². The van der Waals surface area contributed by atoms with Crippen LogP contribution in [-0.2, 0) is 10.2 Å². The van der Waals surface area contributed by atoms with Gasteiger partial charge in [0.25, 0.3) is 5.91 Å². The van der Waals surface area contributed by atoms with E-state index in [2.05, 4.69) is 27.3 Å². The molecule has 176 valence electrons. The SMILES string of the molecule is Cc1cnc2c(NC(=O)c3cn4cc([C@@]56CCC(C)(C5)OC6)nc4nc3OC(C)C)cnn2c1. The summed E-state index contributed by atoms with van der Waals surface area (Å²) in [4.78, 5) is 27.2. The lowest BCUT2D eigenvalue weighted by atomic mass is 9.84. The van der Waals surface area contributed by atoms with E-state index < -0.39 is 0 Å². The first kappa shape index (κ1) is 21.0. The number of amides is 1. The summed E-state index contributed by atoms with van der Waals surface area (Å²) in [7, 11) is 0. The van der Waals surface area contributed by atoms with Crippen LogP contribution in [0.15, 0.2) is 31.0 Å². The standard InChI is InChI=1S/C24H27N7O3/c1-14(2)34-21-16(20(32)27-17-8-26-31-9-15(3)7-25-19(17)31)10-30-11-18(28-22(30)29-21)24-6-5-23(4,12-24)33-13-24/h7-11,14H,5-6,12-13H2,1-4H3,(H,27,32)/t23?,24-/m0/s1. The van der Waals surface area contributed by atoms with Gasteiger partial charge < -0.3 is 14.8 Å². The Balaban J connectivity index is 1.38. The summed E-state index contributed by atoms with van der Waals surface area (Å²) >= 11 is 0. The van der Waals surface area contributed by atoms with Gasteiger partial charge in [-0.3, -0.25) is 9.20 Å². The molecule has 1 saturated carbocycles. The van der Waals surface area contributed by atoms with Crippen molar-refractivity contribution in [3.05, 3.63) is 47.8 Å². The van der Waals surface area contributed by atoms with Crippen LogP contribution >= 0.6 is 0 Å². The summed E-state index contributed by atoms with van der Waals surface area (Å²) in [5.41, 5.74) is 3.16. The van der Waals surface area contributed by atoms with E-state index in [4.69, 9.17) is 14.5 Å². The van der Waals surface area contributed by atoms with Crippen LogP contribution in [0.2, 0.25) is 0 Å². The number of carbonyl (C=O) groups excluding carboxylic acids is 1. The second-order valence-corrected chi connectivity index (χ2v) is 10.1. The normalized spacial score (nSPS) is 23.9. The van der Waals surface area contributed by atoms with Gasteiger partial charge in [-0.05, 0) is 52.5 Å². The second kappa shape index (κ2) is 7.23. The molecule has 1 aliphatic heterocycles. The minimum atomic E-state index is -0.353. The fourth-order valence-electron chi connectivity index (χ4n) is 5.12. The van der Waals surface area contributed by atoms with Crippen molar-refractivity contribution in [3.63, 3.8) is 0 Å². The minimum absolute atomic E-state index is 0.0683. The largest absolute Gasteiger partial charge is 0.474 e. The zero-order valence-corrected chi connectivity index (χ0v) is 19.7. The first-order chi connectivity index (χ1) is 16.2. The quantitative estimate of drug-likeness (QED) is 0.486. The second-order valence-electron chi connectivity index (χ2n) is 10.1. The summed E-state index contributed by atoms with van der Waals surface area (Å²) in [6, 6.07) is 0. The Hall–Kier alpha value is -3.53. The predicted octanol–water partition coefficient (Wildman–Crippen LogP) is 3.33. The maximum atomic E-state index is 13.4. The molecule has 6 rings (SSSR count). The van der Waals surface area contributed by atoms with Crippen molar-refractivity contribution >= 4 is 23.0 Å². The third-order valence-electron chi connectivity index (χ3n) is 6.82. The number of hydrogen-bond acceptors (Lipinski definition) is 7. The van der Waals surface area contributed by atoms with Crippen LogP contribution < -0.4 is 10.1 Å². The number of imidazole rings is 1. The molecule has 4 aromatic rings. The van der Waals surface area contributed by atoms with Crippen LogP contribution in [0, 0.1) is 6.92 Å². The minimum Gasteiger partial charge on any atom is -0.474 e. The fourth-order valence-corrected chi connectivity index (χ4v) is 5.12. The van der Waals surface area contributed by atoms with Gasteiger partial charge in [-0.2, -0.15) is 10.1 Å². The van der Waals surface area contributed by atoms with Crippen LogP contribution in [-0.4, -0.2) is 53.2 Å². The van der Waals surface area contributed by atoms with Crippen LogP contribution in [0.4, 0.5) is 5.69 Å². The molecule has 2 bridgehead atoms. The van der Waals surface area contributed by atoms with Crippen molar-refractivity contribution in [1.82, 2.24) is 29.0 Å². The van der Waals surface area contributed by atoms with Gasteiger partial charge in [0.05, 0.1) is 30.2 Å². The Morgan fingerprint density at radius 1 is 1.21 bits per heavy atom. The lowest BCUT2D eigenvalue weighted by Crippen LogP contribution is -2.26. The summed E-state index contributed by atoms with van der Waals surface area (Å²) in [6.07, 6.45) is 11.7. The Morgan fingerprint density at radius 2 is 2.06 bits per heavy atom. The van der Waals surface area contributed by atoms with Gasteiger partial charge in [-0.1, -0.05) is 0 Å². The molecular formula is C24H27N7O3. The molecule has 1 aliphatic carbocycles. The van der Waals surface area contributed by atoms with Gasteiger partial charge in [0, 0.05) is 30.2 Å². The Bertz CT molecular complexity index is 1430. The van der Waals surface area contributed by atoms with Crippen LogP contribution in [0.5, 0.6) is 5.88 Å². The molecule has 4 aromatic heterocycles. The Labute approximate surface area is 196 Å². The summed E-state index contributed by atoms with van der Waals surface area (Å²) in [6.45, 7) is 8.57. The van der Waals surface area contributed by atoms with Crippen molar-refractivity contribution < 1.29 is 14.3 Å². The summed E-state index contributed by atoms with van der Waals surface area (Å²) in [5.74, 6) is 0.396. The topological polar surface area (TPSA) is 108 Å². The molecule has 2 atom stereocenters. The van der Waals surface area contributed by atoms with E-state index in [-0.39, 0.29) is 28.9 Å². The maximum Gasteiger partial charge on any atom is 0.262 e. The van der Waals surface area contributed by atoms with Gasteiger partial charge in [0.15, 0.2) is 5.65 Å². The Morgan fingerprint density at radius 3 is 2.76 bits per heavy atom. The van der Waals surface area contributed by atoms with Crippen LogP contribution in [0.25, 0.3) is 11.4 Å². The Kier molecular flexibility index (Phi) is 4.47. The molecule has 0 radical (unpaired) electrons. The summed E-state index contributed by atoms with van der Waals surface area (Å²) < 4.78 is 15.4. The highest BCUT2D eigenvalue weighted by Crippen LogP contribution is 2.53. The molecule has 1 unspecified atom stereocenters. The van der Waals surface area contributed by atoms with Gasteiger partial charge in [0.2, 0.25) is 11.7 Å². The number of nitrogens with zero attached hydrogens (tertiary/aromatic N) is 6. The molecular weight excluding hydrogens is 434 g/mol. The van der Waals surface area contributed by atoms with Crippen molar-refractivity contribution in [2.45, 2.75) is 64.1 Å². The summed E-state index contributed by atoms with van der Waals surface area (Å²) in [5, 5.41) is 7.20. The van der Waals surface area contributed by atoms with Gasteiger partial charge in [-0.15, -0.1) is 0 Å². The molecule has 1 amide bonds. The number of ether oxygens (including phenoxy) is 2. The monoisotopic (exact) mass is 461 g/mol. The number of nitrogens with one attached hydrogen (secondary N) is 1. The molecule has 5 heterocycles. The highest BCUT2D eigenvalue weighted by Gasteiger charge is 2.55. The van der Waals surface area contributed by atoms with E-state index in [1.54, 1.807) is 27.5 Å². The third-order valence-corrected chi connectivity index (χ3v) is 6.82. The van der Waals surface area contributed by atoms with E-state index in [1.807, 2.05) is 33.2 Å². The van der Waals surface area contributed by atoms with Crippen molar-refractivity contribution in [1.29, 1.82) is 0 Å². The lowest BCUT2D eigenvalue weighted by molar-refractivity contribution is -0.00627. The van der Waals surface area contributed by atoms with Gasteiger partial charge >= 0.3 is 0 Å². The predicted molar refractivity (Wildman–Crippen MR) is 124 cm³/mol. The number of hydrogen-bond donors (Lipinski definition) is 1. The molecule has 1 N–H and O–H groups in total. The van der Waals surface area contributed by atoms with E-state index in [0.717, 1.165) is 30.5 Å². The number of carbonyl (C=O) groups is 1. The average molecular weight is 462 g/mol. The highest BCUT2D eigenvalue weighted by atomic mass is 16.5. The molecule has 2 fully saturated rings. The molecule has 10 nitrogen and oxygen atoms in total. The lowest BCUT2D eigenvalue weighted by Gasteiger charge is -2.24. The van der Waals surface area contributed by atoms with Crippen molar-refractivity contribution in [3.8, 4) is 5.88 Å². The van der Waals surface area contributed by atoms with Crippen molar-refractivity contribution in [2.24, 2.45) is 0 Å². The van der Waals surface area contributed by atoms with Crippen LogP contribution in [0.3, 0.4) is 0 Å². The first-order valence-corrected chi connectivity index (χ1v) is 11.6.